The maximum Gasteiger partial charge on any atom is 0.310 e. The summed E-state index contributed by atoms with van der Waals surface area (Å²) < 4.78 is 23.3. The van der Waals surface area contributed by atoms with Crippen molar-refractivity contribution in [3.8, 4) is 28.5 Å². The zero-order valence-corrected chi connectivity index (χ0v) is 22.9. The lowest BCUT2D eigenvalue weighted by molar-refractivity contribution is -0.605. The van der Waals surface area contributed by atoms with E-state index in [-0.39, 0.29) is 24.4 Å². The second-order valence-electron chi connectivity index (χ2n) is 10.1. The van der Waals surface area contributed by atoms with E-state index in [0.29, 0.717) is 34.2 Å². The highest BCUT2D eigenvalue weighted by atomic mass is 16.5. The van der Waals surface area contributed by atoms with Crippen LogP contribution in [0.4, 0.5) is 0 Å². The van der Waals surface area contributed by atoms with Crippen molar-refractivity contribution in [3.05, 3.63) is 112 Å². The molecule has 0 amide bonds. The van der Waals surface area contributed by atoms with Gasteiger partial charge in [0.2, 0.25) is 5.69 Å². The molecule has 0 aliphatic heterocycles. The van der Waals surface area contributed by atoms with Gasteiger partial charge in [-0.3, -0.25) is 4.79 Å². The molecule has 0 radical (unpaired) electrons. The average Bonchev–Trinajstić information content (AvgIpc) is 3.00. The van der Waals surface area contributed by atoms with Gasteiger partial charge >= 0.3 is 5.97 Å². The van der Waals surface area contributed by atoms with Crippen LogP contribution in [0.15, 0.2) is 78.9 Å². The van der Waals surface area contributed by atoms with Gasteiger partial charge in [-0.1, -0.05) is 48.5 Å². The molecule has 3 aliphatic rings. The fourth-order valence-electron chi connectivity index (χ4n) is 6.76. The molecule has 40 heavy (non-hydrogen) atoms. The fourth-order valence-corrected chi connectivity index (χ4v) is 6.76. The summed E-state index contributed by atoms with van der Waals surface area (Å²) in [6.07, 6.45) is 0. The molecule has 0 spiro atoms. The predicted octanol–water partition coefficient (Wildman–Crippen LogP) is 5.57. The zero-order chi connectivity index (χ0) is 28.0. The summed E-state index contributed by atoms with van der Waals surface area (Å²) in [6, 6.07) is 25.4. The van der Waals surface area contributed by atoms with Crippen LogP contribution in [0, 0.1) is 11.1 Å². The number of rotatable bonds is 7. The van der Waals surface area contributed by atoms with Gasteiger partial charge < -0.3 is 24.2 Å². The quantitative estimate of drug-likeness (QED) is 0.174. The van der Waals surface area contributed by atoms with Gasteiger partial charge in [0, 0.05) is 36.1 Å². The summed E-state index contributed by atoms with van der Waals surface area (Å²) >= 11 is 0. The summed E-state index contributed by atoms with van der Waals surface area (Å²) in [7, 11) is 4.65. The van der Waals surface area contributed by atoms with Crippen LogP contribution < -0.4 is 18.9 Å². The van der Waals surface area contributed by atoms with Crippen LogP contribution >= 0.6 is 0 Å². The Morgan fingerprint density at radius 1 is 0.775 bits per heavy atom. The number of esters is 1. The van der Waals surface area contributed by atoms with Gasteiger partial charge in [0.25, 0.3) is 0 Å². The molecule has 3 aromatic carbocycles. The normalized spacial score (nSPS) is 20.3. The van der Waals surface area contributed by atoms with Crippen molar-refractivity contribution in [3.63, 3.8) is 0 Å². The van der Waals surface area contributed by atoms with Crippen molar-refractivity contribution in [1.82, 2.24) is 0 Å². The number of carbonyl (C=O) groups excluding carboxylic acids is 1. The van der Waals surface area contributed by atoms with Crippen LogP contribution in [0.3, 0.4) is 0 Å². The summed E-state index contributed by atoms with van der Waals surface area (Å²) in [5.74, 6) is -0.285. The lowest BCUT2D eigenvalue weighted by atomic mass is 9.53. The number of hydrogen-bond donors (Lipinski definition) is 0. The van der Waals surface area contributed by atoms with Gasteiger partial charge in [-0.2, -0.15) is 4.73 Å². The Labute approximate surface area is 233 Å². The molecule has 7 nitrogen and oxygen atoms in total. The smallest absolute Gasteiger partial charge is 0.310 e. The Morgan fingerprint density at radius 2 is 1.32 bits per heavy atom. The molecule has 7 heteroatoms. The van der Waals surface area contributed by atoms with E-state index < -0.39 is 11.8 Å². The maximum atomic E-state index is 14.4. The van der Waals surface area contributed by atoms with E-state index in [0.717, 1.165) is 27.0 Å². The molecule has 0 unspecified atom stereocenters. The van der Waals surface area contributed by atoms with Gasteiger partial charge in [-0.25, -0.2) is 0 Å². The van der Waals surface area contributed by atoms with E-state index in [2.05, 4.69) is 24.3 Å². The van der Waals surface area contributed by atoms with Crippen LogP contribution in [0.1, 0.15) is 52.6 Å². The summed E-state index contributed by atoms with van der Waals surface area (Å²) in [5, 5.41) is 14.4. The molecular weight excluding hydrogens is 506 g/mol. The van der Waals surface area contributed by atoms with Gasteiger partial charge in [-0.05, 0) is 35.2 Å². The molecule has 3 aliphatic carbocycles. The number of ether oxygens (including phenoxy) is 4. The SMILES string of the molecule is CCOC(=O)[C@H]1C2c3ccccc3C(c3ccccc32)[C@@H]1c1cccc(-c2c(OC)cc(OC)cc2OC)[n+]1[O-]. The molecule has 0 fully saturated rings. The molecule has 0 saturated carbocycles. The van der Waals surface area contributed by atoms with E-state index >= 15 is 0 Å². The van der Waals surface area contributed by atoms with E-state index in [1.807, 2.05) is 43.3 Å². The Morgan fingerprint density at radius 3 is 1.82 bits per heavy atom. The highest BCUT2D eigenvalue weighted by molar-refractivity contribution is 5.80. The monoisotopic (exact) mass is 537 g/mol. The first-order valence-electron chi connectivity index (χ1n) is 13.4. The number of fused-ring (bicyclic) bond motifs is 1. The fraction of sp³-hybridized carbons (Fsp3) is 0.273. The van der Waals surface area contributed by atoms with Gasteiger partial charge in [0.15, 0.2) is 5.69 Å². The second-order valence-corrected chi connectivity index (χ2v) is 10.1. The van der Waals surface area contributed by atoms with Crippen molar-refractivity contribution in [2.45, 2.75) is 24.7 Å². The van der Waals surface area contributed by atoms with Crippen LogP contribution in [0.2, 0.25) is 0 Å². The third-order valence-corrected chi connectivity index (χ3v) is 8.28. The van der Waals surface area contributed by atoms with E-state index in [1.165, 1.54) is 0 Å². The molecular formula is C33H31NO6. The Kier molecular flexibility index (Phi) is 6.58. The van der Waals surface area contributed by atoms with Crippen molar-refractivity contribution in [2.75, 3.05) is 27.9 Å². The van der Waals surface area contributed by atoms with Crippen molar-refractivity contribution >= 4 is 5.97 Å². The van der Waals surface area contributed by atoms with Crippen LogP contribution in [-0.2, 0) is 9.53 Å². The molecule has 204 valence electrons. The average molecular weight is 538 g/mol. The number of pyridine rings is 1. The molecule has 1 aromatic heterocycles. The first-order valence-corrected chi connectivity index (χ1v) is 13.4. The molecule has 0 saturated heterocycles. The predicted molar refractivity (Wildman–Crippen MR) is 150 cm³/mol. The van der Waals surface area contributed by atoms with E-state index in [4.69, 9.17) is 18.9 Å². The third kappa shape index (κ3) is 3.79. The largest absolute Gasteiger partial charge is 0.618 e. The molecule has 7 rings (SSSR count). The zero-order valence-electron chi connectivity index (χ0n) is 22.9. The first-order chi connectivity index (χ1) is 19.5. The third-order valence-electron chi connectivity index (χ3n) is 8.28. The molecule has 4 aromatic rings. The van der Waals surface area contributed by atoms with E-state index in [1.54, 1.807) is 39.5 Å². The molecule has 1 heterocycles. The molecule has 2 bridgehead atoms. The standard InChI is InChI=1S/C33H31NO6/c1-5-40-33(35)32-29-22-13-8-6-11-20(22)28(21-12-7-9-14-23(21)29)31(32)25-16-10-15-24(34(25)36)30-26(38-3)17-19(37-2)18-27(30)39-4/h6-18,28-29,31-32H,5H2,1-4H3/t28?,29?,31-,32-/m0/s1. The number of benzene rings is 3. The Bertz CT molecular complexity index is 1530. The number of nitrogens with zero attached hydrogens (tertiary/aromatic N) is 1. The lowest BCUT2D eigenvalue weighted by Gasteiger charge is -2.48. The van der Waals surface area contributed by atoms with Gasteiger partial charge in [0.05, 0.1) is 39.8 Å². The van der Waals surface area contributed by atoms with Gasteiger partial charge in [-0.15, -0.1) is 0 Å². The van der Waals surface area contributed by atoms with Crippen molar-refractivity contribution < 1.29 is 28.5 Å². The van der Waals surface area contributed by atoms with Crippen LogP contribution in [0.5, 0.6) is 17.2 Å². The van der Waals surface area contributed by atoms with Gasteiger partial charge in [0.1, 0.15) is 22.8 Å². The summed E-state index contributed by atoms with van der Waals surface area (Å²) in [5.41, 5.74) is 5.88. The van der Waals surface area contributed by atoms with Crippen molar-refractivity contribution in [1.29, 1.82) is 0 Å². The highest BCUT2D eigenvalue weighted by Gasteiger charge is 2.56. The highest BCUT2D eigenvalue weighted by Crippen LogP contribution is 2.61. The topological polar surface area (TPSA) is 80.9 Å². The maximum absolute atomic E-state index is 14.4. The minimum atomic E-state index is -0.565. The minimum Gasteiger partial charge on any atom is -0.618 e. The summed E-state index contributed by atoms with van der Waals surface area (Å²) in [4.78, 5) is 13.7. The molecule has 2 atom stereocenters. The second kappa shape index (κ2) is 10.2. The summed E-state index contributed by atoms with van der Waals surface area (Å²) in [6.45, 7) is 2.08. The number of hydrogen-bond acceptors (Lipinski definition) is 6. The molecule has 0 N–H and O–H groups in total. The number of carbonyl (C=O) groups is 1. The van der Waals surface area contributed by atoms with E-state index in [9.17, 15) is 10.0 Å². The number of methoxy groups -OCH3 is 3. The number of aromatic nitrogens is 1. The van der Waals surface area contributed by atoms with Crippen LogP contribution in [-0.4, -0.2) is 33.9 Å². The Hall–Kier alpha value is -4.52. The minimum absolute atomic E-state index is 0.193. The Balaban J connectivity index is 1.60. The van der Waals surface area contributed by atoms with Crippen LogP contribution in [0.25, 0.3) is 11.3 Å². The van der Waals surface area contributed by atoms with Crippen molar-refractivity contribution in [2.24, 2.45) is 5.92 Å². The lowest BCUT2D eigenvalue weighted by Crippen LogP contribution is -2.48. The first kappa shape index (κ1) is 25.7.